The van der Waals surface area contributed by atoms with Crippen molar-refractivity contribution < 1.29 is 18.8 Å². The lowest BCUT2D eigenvalue weighted by Gasteiger charge is -2.07. The number of esters is 1. The Hall–Kier alpha value is -2.28. The molecule has 0 saturated heterocycles. The van der Waals surface area contributed by atoms with Crippen LogP contribution in [0.3, 0.4) is 0 Å². The summed E-state index contributed by atoms with van der Waals surface area (Å²) in [6, 6.07) is 8.14. The van der Waals surface area contributed by atoms with Crippen LogP contribution in [-0.2, 0) is 26.5 Å². The number of benzene rings is 1. The summed E-state index contributed by atoms with van der Waals surface area (Å²) in [5.74, 6) is 1.36. The van der Waals surface area contributed by atoms with E-state index in [0.717, 1.165) is 22.6 Å². The zero-order valence-electron chi connectivity index (χ0n) is 16.0. The third kappa shape index (κ3) is 7.46. The lowest BCUT2D eigenvalue weighted by molar-refractivity contribution is -0.140. The predicted octanol–water partition coefficient (Wildman–Crippen LogP) is 3.13. The second-order valence-electron chi connectivity index (χ2n) is 6.35. The Balaban J connectivity index is 1.53. The number of amides is 1. The molecule has 0 aliphatic carbocycles. The second-order valence-corrected chi connectivity index (χ2v) is 7.34. The van der Waals surface area contributed by atoms with Crippen molar-refractivity contribution in [3.8, 4) is 0 Å². The van der Waals surface area contributed by atoms with Gasteiger partial charge >= 0.3 is 5.97 Å². The average Bonchev–Trinajstić information content (AvgIpc) is 2.97. The molecule has 146 valence electrons. The average molecular weight is 391 g/mol. The Bertz CT molecular complexity index is 736. The molecule has 2 rings (SSSR count). The summed E-state index contributed by atoms with van der Waals surface area (Å²) in [6.07, 6.45) is 1.12. The van der Waals surface area contributed by atoms with Crippen molar-refractivity contribution in [2.45, 2.75) is 39.4 Å². The molecule has 7 heteroatoms. The van der Waals surface area contributed by atoms with Gasteiger partial charge < -0.3 is 14.6 Å². The van der Waals surface area contributed by atoms with Gasteiger partial charge in [-0.2, -0.15) is 0 Å². The Kier molecular flexibility index (Phi) is 8.39. The van der Waals surface area contributed by atoms with Crippen LogP contribution in [0, 0.1) is 20.8 Å². The number of nitrogens with one attached hydrogen (secondary N) is 1. The highest BCUT2D eigenvalue weighted by Gasteiger charge is 2.10. The van der Waals surface area contributed by atoms with E-state index in [1.165, 1.54) is 17.3 Å². The van der Waals surface area contributed by atoms with Crippen LogP contribution in [0.25, 0.3) is 0 Å². The van der Waals surface area contributed by atoms with Crippen LogP contribution >= 0.6 is 11.8 Å². The number of thioether (sulfide) groups is 1. The van der Waals surface area contributed by atoms with Crippen molar-refractivity contribution in [3.05, 3.63) is 52.4 Å². The van der Waals surface area contributed by atoms with E-state index in [9.17, 15) is 9.59 Å². The number of ether oxygens (including phenoxy) is 1. The third-order valence-electron chi connectivity index (χ3n) is 4.10. The summed E-state index contributed by atoms with van der Waals surface area (Å²) in [7, 11) is 0. The molecular formula is C20H26N2O4S. The number of hydrogen-bond donors (Lipinski definition) is 1. The van der Waals surface area contributed by atoms with Gasteiger partial charge in [0.2, 0.25) is 5.91 Å². The Labute approximate surface area is 164 Å². The van der Waals surface area contributed by atoms with E-state index in [2.05, 4.69) is 10.5 Å². The number of aryl methyl sites for hydroxylation is 4. The fourth-order valence-electron chi connectivity index (χ4n) is 2.44. The van der Waals surface area contributed by atoms with E-state index in [4.69, 9.17) is 9.26 Å². The van der Waals surface area contributed by atoms with Crippen LogP contribution in [0.4, 0.5) is 0 Å². The minimum atomic E-state index is -0.291. The first-order valence-electron chi connectivity index (χ1n) is 8.93. The molecule has 1 aromatic heterocycles. The predicted molar refractivity (Wildman–Crippen MR) is 106 cm³/mol. The van der Waals surface area contributed by atoms with Gasteiger partial charge in [-0.25, -0.2) is 0 Å². The first-order chi connectivity index (χ1) is 13.0. The molecule has 0 aliphatic heterocycles. The normalized spacial score (nSPS) is 10.6. The summed E-state index contributed by atoms with van der Waals surface area (Å²) >= 11 is 1.46. The molecule has 0 saturated carbocycles. The number of aromatic nitrogens is 1. The van der Waals surface area contributed by atoms with Crippen molar-refractivity contribution in [1.82, 2.24) is 10.5 Å². The number of hydrogen-bond acceptors (Lipinski definition) is 6. The van der Waals surface area contributed by atoms with Crippen LogP contribution in [0.2, 0.25) is 0 Å². The quantitative estimate of drug-likeness (QED) is 0.496. The number of carbonyl (C=O) groups is 2. The van der Waals surface area contributed by atoms with Gasteiger partial charge in [0.05, 0.1) is 18.0 Å². The maximum Gasteiger partial charge on any atom is 0.315 e. The molecule has 0 aliphatic rings. The standard InChI is InChI=1S/C20H26N2O4S/c1-14-4-6-17(7-5-14)8-9-19(23)21-10-11-25-20(24)13-27-12-18-15(2)22-26-16(18)3/h4-7H,8-13H2,1-3H3,(H,21,23). The van der Waals surface area contributed by atoms with Gasteiger partial charge in [-0.1, -0.05) is 35.0 Å². The van der Waals surface area contributed by atoms with Crippen LogP contribution in [0.15, 0.2) is 28.8 Å². The molecule has 2 aromatic rings. The zero-order valence-corrected chi connectivity index (χ0v) is 16.9. The third-order valence-corrected chi connectivity index (χ3v) is 5.03. The van der Waals surface area contributed by atoms with Gasteiger partial charge in [-0.15, -0.1) is 11.8 Å². The number of carbonyl (C=O) groups excluding carboxylic acids is 2. The summed E-state index contributed by atoms with van der Waals surface area (Å²) in [6.45, 7) is 6.28. The van der Waals surface area contributed by atoms with Gasteiger partial charge in [0.15, 0.2) is 0 Å². The second kappa shape index (κ2) is 10.8. The maximum absolute atomic E-state index is 11.8. The molecule has 1 heterocycles. The van der Waals surface area contributed by atoms with Gasteiger partial charge in [0.25, 0.3) is 0 Å². The molecule has 0 fully saturated rings. The summed E-state index contributed by atoms with van der Waals surface area (Å²) in [4.78, 5) is 23.6. The molecule has 0 atom stereocenters. The maximum atomic E-state index is 11.8. The van der Waals surface area contributed by atoms with Crippen molar-refractivity contribution in [2.24, 2.45) is 0 Å². The molecular weight excluding hydrogens is 364 g/mol. The van der Waals surface area contributed by atoms with E-state index in [1.807, 2.05) is 45.0 Å². The fraction of sp³-hybridized carbons (Fsp3) is 0.450. The van der Waals surface area contributed by atoms with Crippen LogP contribution in [-0.4, -0.2) is 35.9 Å². The largest absolute Gasteiger partial charge is 0.463 e. The Morgan fingerprint density at radius 2 is 1.93 bits per heavy atom. The van der Waals surface area contributed by atoms with Crippen LogP contribution in [0.5, 0.6) is 0 Å². The Morgan fingerprint density at radius 3 is 2.59 bits per heavy atom. The van der Waals surface area contributed by atoms with Crippen molar-refractivity contribution in [1.29, 1.82) is 0 Å². The summed E-state index contributed by atoms with van der Waals surface area (Å²) in [5, 5.41) is 6.65. The van der Waals surface area contributed by atoms with Crippen molar-refractivity contribution >= 4 is 23.6 Å². The highest BCUT2D eigenvalue weighted by atomic mass is 32.2. The topological polar surface area (TPSA) is 81.4 Å². The number of nitrogens with zero attached hydrogens (tertiary/aromatic N) is 1. The van der Waals surface area contributed by atoms with Crippen LogP contribution in [0.1, 0.15) is 34.6 Å². The Morgan fingerprint density at radius 1 is 1.19 bits per heavy atom. The monoisotopic (exact) mass is 390 g/mol. The van der Waals surface area contributed by atoms with Gasteiger partial charge in [-0.05, 0) is 32.8 Å². The zero-order chi connectivity index (χ0) is 19.6. The van der Waals surface area contributed by atoms with E-state index in [1.54, 1.807) is 0 Å². The van der Waals surface area contributed by atoms with E-state index in [0.29, 0.717) is 25.1 Å². The molecule has 27 heavy (non-hydrogen) atoms. The van der Waals surface area contributed by atoms with E-state index >= 15 is 0 Å². The first kappa shape index (κ1) is 21.0. The minimum Gasteiger partial charge on any atom is -0.463 e. The minimum absolute atomic E-state index is 0.0422. The number of rotatable bonds is 10. The fourth-order valence-corrected chi connectivity index (χ4v) is 3.41. The summed E-state index contributed by atoms with van der Waals surface area (Å²) in [5.41, 5.74) is 4.21. The molecule has 1 amide bonds. The van der Waals surface area contributed by atoms with Gasteiger partial charge in [0, 0.05) is 17.7 Å². The smallest absolute Gasteiger partial charge is 0.315 e. The highest BCUT2D eigenvalue weighted by molar-refractivity contribution is 7.99. The molecule has 0 spiro atoms. The van der Waals surface area contributed by atoms with Crippen LogP contribution < -0.4 is 5.32 Å². The lowest BCUT2D eigenvalue weighted by Crippen LogP contribution is -2.28. The SMILES string of the molecule is Cc1ccc(CCC(=O)NCCOC(=O)CSCc2c(C)noc2C)cc1. The van der Waals surface area contributed by atoms with Crippen molar-refractivity contribution in [2.75, 3.05) is 18.9 Å². The molecule has 0 unspecified atom stereocenters. The molecule has 1 aromatic carbocycles. The highest BCUT2D eigenvalue weighted by Crippen LogP contribution is 2.19. The molecule has 0 bridgehead atoms. The van der Waals surface area contributed by atoms with Crippen molar-refractivity contribution in [3.63, 3.8) is 0 Å². The molecule has 6 nitrogen and oxygen atoms in total. The molecule has 0 radical (unpaired) electrons. The van der Waals surface area contributed by atoms with Gasteiger partial charge in [0.1, 0.15) is 12.4 Å². The first-order valence-corrected chi connectivity index (χ1v) is 10.1. The van der Waals surface area contributed by atoms with Gasteiger partial charge in [-0.3, -0.25) is 9.59 Å². The van der Waals surface area contributed by atoms with E-state index in [-0.39, 0.29) is 24.2 Å². The lowest BCUT2D eigenvalue weighted by atomic mass is 10.1. The summed E-state index contributed by atoms with van der Waals surface area (Å²) < 4.78 is 10.2. The molecule has 1 N–H and O–H groups in total. The van der Waals surface area contributed by atoms with E-state index < -0.39 is 0 Å².